The van der Waals surface area contributed by atoms with E-state index in [1.54, 1.807) is 41.4 Å². The number of benzene rings is 1. The minimum Gasteiger partial charge on any atom is -0.261 e. The molecule has 0 fully saturated rings. The maximum Gasteiger partial charge on any atom is 0.205 e. The number of aromatic nitrogens is 1. The van der Waals surface area contributed by atoms with Crippen LogP contribution in [0.1, 0.15) is 16.8 Å². The van der Waals surface area contributed by atoms with Crippen molar-refractivity contribution < 1.29 is 0 Å². The molecule has 0 unspecified atom stereocenters. The smallest absolute Gasteiger partial charge is 0.205 e. The Labute approximate surface area is 109 Å². The summed E-state index contributed by atoms with van der Waals surface area (Å²) in [7, 11) is 1.75. The number of hydrogen-bond donors (Lipinski definition) is 0. The van der Waals surface area contributed by atoms with Gasteiger partial charge in [0.2, 0.25) is 4.80 Å². The molecule has 0 radical (unpaired) electrons. The molecule has 18 heavy (non-hydrogen) atoms. The van der Waals surface area contributed by atoms with E-state index in [4.69, 9.17) is 5.26 Å². The first-order valence-corrected chi connectivity index (χ1v) is 6.27. The molecule has 5 heteroatoms. The van der Waals surface area contributed by atoms with Crippen LogP contribution in [0.5, 0.6) is 0 Å². The molecule has 1 heterocycles. The summed E-state index contributed by atoms with van der Waals surface area (Å²) in [6, 6.07) is 9.38. The minimum atomic E-state index is 0.649. The molecule has 0 bridgehead atoms. The summed E-state index contributed by atoms with van der Waals surface area (Å²) < 4.78 is 1.79. The van der Waals surface area contributed by atoms with Gasteiger partial charge in [0.05, 0.1) is 23.5 Å². The molecule has 4 nitrogen and oxygen atoms in total. The summed E-state index contributed by atoms with van der Waals surface area (Å²) in [6.45, 7) is 1.99. The molecular formula is C13H12N4S. The minimum absolute atomic E-state index is 0.649. The zero-order chi connectivity index (χ0) is 13.0. The van der Waals surface area contributed by atoms with Crippen molar-refractivity contribution in [2.75, 3.05) is 7.05 Å². The number of nitrogens with zero attached hydrogens (tertiary/aromatic N) is 4. The van der Waals surface area contributed by atoms with Gasteiger partial charge in [-0.15, -0.1) is 11.3 Å². The lowest BCUT2D eigenvalue weighted by atomic mass is 10.2. The van der Waals surface area contributed by atoms with Gasteiger partial charge < -0.3 is 0 Å². The van der Waals surface area contributed by atoms with Crippen molar-refractivity contribution in [3.8, 4) is 6.07 Å². The molecule has 0 amide bonds. The van der Waals surface area contributed by atoms with Crippen molar-refractivity contribution in [3.63, 3.8) is 0 Å². The molecule has 0 aliphatic heterocycles. The molecule has 90 valence electrons. The monoisotopic (exact) mass is 256 g/mol. The Morgan fingerprint density at radius 3 is 2.67 bits per heavy atom. The average Bonchev–Trinajstić information content (AvgIpc) is 2.77. The van der Waals surface area contributed by atoms with Gasteiger partial charge in [-0.05, 0) is 24.6 Å². The maximum atomic E-state index is 8.71. The number of aryl methyl sites for hydroxylation is 1. The van der Waals surface area contributed by atoms with Crippen LogP contribution in [0.2, 0.25) is 0 Å². The second-order valence-electron chi connectivity index (χ2n) is 3.67. The predicted molar refractivity (Wildman–Crippen MR) is 72.7 cm³/mol. The van der Waals surface area contributed by atoms with Gasteiger partial charge in [-0.25, -0.2) is 4.68 Å². The largest absolute Gasteiger partial charge is 0.261 e. The number of hydrogen-bond acceptors (Lipinski definition) is 4. The highest BCUT2D eigenvalue weighted by Crippen LogP contribution is 2.02. The lowest BCUT2D eigenvalue weighted by Crippen LogP contribution is -2.11. The first-order valence-electron chi connectivity index (χ1n) is 5.39. The molecule has 0 saturated heterocycles. The molecule has 0 atom stereocenters. The van der Waals surface area contributed by atoms with E-state index in [1.807, 2.05) is 24.4 Å². The molecule has 1 aromatic carbocycles. The molecular weight excluding hydrogens is 244 g/mol. The summed E-state index contributed by atoms with van der Waals surface area (Å²) in [5.74, 6) is 0. The van der Waals surface area contributed by atoms with E-state index in [9.17, 15) is 0 Å². The predicted octanol–water partition coefficient (Wildman–Crippen LogP) is 2.14. The number of thiazole rings is 1. The van der Waals surface area contributed by atoms with Gasteiger partial charge in [0.25, 0.3) is 0 Å². The molecule has 0 saturated carbocycles. The second-order valence-corrected chi connectivity index (χ2v) is 4.51. The maximum absolute atomic E-state index is 8.71. The standard InChI is InChI=1S/C13H12N4S/c1-10-9-18-13(15-2)17(10)16-8-12-5-3-11(7-14)4-6-12/h3-6,8-9H,1-2H3/b15-13?,16-8+. The molecule has 0 spiro atoms. The number of nitriles is 1. The SMILES string of the molecule is CN=c1scc(C)n1/N=C/c1ccc(C#N)cc1. The average molecular weight is 256 g/mol. The van der Waals surface area contributed by atoms with Crippen LogP contribution >= 0.6 is 11.3 Å². The summed E-state index contributed by atoms with van der Waals surface area (Å²) in [6.07, 6.45) is 1.76. The third kappa shape index (κ3) is 2.55. The number of rotatable bonds is 2. The molecule has 0 N–H and O–H groups in total. The van der Waals surface area contributed by atoms with E-state index in [0.29, 0.717) is 5.56 Å². The molecule has 0 aliphatic rings. The fraction of sp³-hybridized carbons (Fsp3) is 0.154. The normalized spacial score (nSPS) is 11.9. The topological polar surface area (TPSA) is 53.4 Å². The van der Waals surface area contributed by atoms with Gasteiger partial charge in [-0.1, -0.05) is 12.1 Å². The first-order chi connectivity index (χ1) is 8.74. The van der Waals surface area contributed by atoms with E-state index in [0.717, 1.165) is 16.1 Å². The summed E-state index contributed by atoms with van der Waals surface area (Å²) in [5, 5.41) is 15.1. The lowest BCUT2D eigenvalue weighted by Gasteiger charge is -1.97. The quantitative estimate of drug-likeness (QED) is 0.759. The van der Waals surface area contributed by atoms with Gasteiger partial charge in [-0.2, -0.15) is 10.4 Å². The van der Waals surface area contributed by atoms with Crippen molar-refractivity contribution in [1.82, 2.24) is 4.68 Å². The van der Waals surface area contributed by atoms with Crippen LogP contribution in [0.3, 0.4) is 0 Å². The van der Waals surface area contributed by atoms with Gasteiger partial charge in [0, 0.05) is 12.4 Å². The molecule has 2 aromatic rings. The van der Waals surface area contributed by atoms with Gasteiger partial charge in [-0.3, -0.25) is 4.99 Å². The van der Waals surface area contributed by atoms with Crippen LogP contribution in [0.25, 0.3) is 0 Å². The summed E-state index contributed by atoms with van der Waals surface area (Å²) >= 11 is 1.56. The zero-order valence-electron chi connectivity index (χ0n) is 10.2. The van der Waals surface area contributed by atoms with E-state index in [-0.39, 0.29) is 0 Å². The molecule has 0 aliphatic carbocycles. The highest BCUT2D eigenvalue weighted by molar-refractivity contribution is 7.07. The van der Waals surface area contributed by atoms with E-state index in [1.165, 1.54) is 0 Å². The lowest BCUT2D eigenvalue weighted by molar-refractivity contribution is 0.805. The van der Waals surface area contributed by atoms with Gasteiger partial charge >= 0.3 is 0 Å². The van der Waals surface area contributed by atoms with Crippen LogP contribution < -0.4 is 4.80 Å². The highest BCUT2D eigenvalue weighted by Gasteiger charge is 1.97. The van der Waals surface area contributed by atoms with Crippen molar-refractivity contribution >= 4 is 17.6 Å². The Morgan fingerprint density at radius 1 is 1.33 bits per heavy atom. The van der Waals surface area contributed by atoms with Crippen molar-refractivity contribution in [2.24, 2.45) is 10.1 Å². The second kappa shape index (κ2) is 5.43. The summed E-state index contributed by atoms with van der Waals surface area (Å²) in [5.41, 5.74) is 2.65. The van der Waals surface area contributed by atoms with Gasteiger partial charge in [0.15, 0.2) is 0 Å². The van der Waals surface area contributed by atoms with E-state index in [2.05, 4.69) is 16.2 Å². The van der Waals surface area contributed by atoms with Crippen LogP contribution in [-0.2, 0) is 0 Å². The van der Waals surface area contributed by atoms with Crippen LogP contribution in [-0.4, -0.2) is 17.9 Å². The van der Waals surface area contributed by atoms with Crippen molar-refractivity contribution in [2.45, 2.75) is 6.92 Å². The third-order valence-corrected chi connectivity index (χ3v) is 3.43. The van der Waals surface area contributed by atoms with Crippen LogP contribution in [0, 0.1) is 18.3 Å². The van der Waals surface area contributed by atoms with Gasteiger partial charge in [0.1, 0.15) is 0 Å². The summed E-state index contributed by atoms with van der Waals surface area (Å²) in [4.78, 5) is 5.01. The van der Waals surface area contributed by atoms with Crippen molar-refractivity contribution in [1.29, 1.82) is 5.26 Å². The third-order valence-electron chi connectivity index (χ3n) is 2.40. The Balaban J connectivity index is 2.30. The van der Waals surface area contributed by atoms with Crippen LogP contribution in [0.15, 0.2) is 39.7 Å². The Bertz CT molecular complexity index is 668. The Kier molecular flexibility index (Phi) is 3.70. The van der Waals surface area contributed by atoms with E-state index >= 15 is 0 Å². The Morgan fingerprint density at radius 2 is 2.06 bits per heavy atom. The van der Waals surface area contributed by atoms with Crippen molar-refractivity contribution in [3.05, 3.63) is 51.3 Å². The molecule has 1 aromatic heterocycles. The molecule has 2 rings (SSSR count). The fourth-order valence-electron chi connectivity index (χ4n) is 1.44. The highest BCUT2D eigenvalue weighted by atomic mass is 32.1. The zero-order valence-corrected chi connectivity index (χ0v) is 11.0. The van der Waals surface area contributed by atoms with Crippen LogP contribution in [0.4, 0.5) is 0 Å². The first kappa shape index (κ1) is 12.3. The van der Waals surface area contributed by atoms with E-state index < -0.39 is 0 Å². The Hall–Kier alpha value is -2.19. The fourth-order valence-corrected chi connectivity index (χ4v) is 2.22.